The second-order valence-corrected chi connectivity index (χ2v) is 4.45. The standard InChI is InChI=1S/2C8H4O3.2C2H5.Y/c2*9-7-5-3-1-2-4-6(5)8(10)11-7;2*1-2;/h2*1-4H;2*1H2,2H3;/q;;2*-1;. The zero-order chi connectivity index (χ0) is 19.7. The third kappa shape index (κ3) is 5.91. The van der Waals surface area contributed by atoms with Crippen molar-refractivity contribution >= 4 is 23.9 Å². The predicted octanol–water partition coefficient (Wildman–Crippen LogP) is 3.67. The number of cyclic esters (lactones) is 4. The van der Waals surface area contributed by atoms with Gasteiger partial charge in [-0.3, -0.25) is 0 Å². The molecule has 0 fully saturated rings. The number of rotatable bonds is 0. The number of carbonyl (C=O) groups is 4. The van der Waals surface area contributed by atoms with E-state index in [0.717, 1.165) is 0 Å². The summed E-state index contributed by atoms with van der Waals surface area (Å²) < 4.78 is 8.71. The molecule has 0 saturated heterocycles. The van der Waals surface area contributed by atoms with E-state index in [4.69, 9.17) is 0 Å². The topological polar surface area (TPSA) is 86.7 Å². The van der Waals surface area contributed by atoms with Crippen LogP contribution in [-0.4, -0.2) is 23.9 Å². The minimum absolute atomic E-state index is 0. The Morgan fingerprint density at radius 1 is 0.519 bits per heavy atom. The molecule has 0 saturated carbocycles. The van der Waals surface area contributed by atoms with Crippen molar-refractivity contribution in [3.8, 4) is 0 Å². The molecule has 2 aromatic carbocycles. The van der Waals surface area contributed by atoms with Gasteiger partial charge in [0.25, 0.3) is 0 Å². The van der Waals surface area contributed by atoms with Gasteiger partial charge in [-0.15, -0.1) is 0 Å². The van der Waals surface area contributed by atoms with Crippen LogP contribution in [0.2, 0.25) is 0 Å². The third-order valence-corrected chi connectivity index (χ3v) is 3.10. The summed E-state index contributed by atoms with van der Waals surface area (Å²) in [5.74, 6) is -2.20. The smallest absolute Gasteiger partial charge is 0.346 e. The Morgan fingerprint density at radius 2 is 0.704 bits per heavy atom. The Bertz CT molecular complexity index is 693. The molecule has 0 spiro atoms. The molecule has 27 heavy (non-hydrogen) atoms. The van der Waals surface area contributed by atoms with Gasteiger partial charge in [0.2, 0.25) is 0 Å². The van der Waals surface area contributed by atoms with Gasteiger partial charge in [-0.2, -0.15) is 13.8 Å². The molecule has 0 unspecified atom stereocenters. The normalized spacial score (nSPS) is 12.3. The summed E-state index contributed by atoms with van der Waals surface area (Å²) in [5.41, 5.74) is 1.44. The van der Waals surface area contributed by atoms with Gasteiger partial charge in [0.05, 0.1) is 22.3 Å². The molecule has 0 N–H and O–H groups in total. The minimum Gasteiger partial charge on any atom is -0.386 e. The molecule has 4 rings (SSSR count). The van der Waals surface area contributed by atoms with Gasteiger partial charge in [-0.05, 0) is 24.3 Å². The first-order valence-electron chi connectivity index (χ1n) is 7.70. The van der Waals surface area contributed by atoms with E-state index in [1.807, 2.05) is 0 Å². The van der Waals surface area contributed by atoms with Crippen molar-refractivity contribution in [2.24, 2.45) is 0 Å². The average Bonchev–Trinajstić information content (AvgIpc) is 3.15. The molecule has 6 nitrogen and oxygen atoms in total. The fourth-order valence-electron chi connectivity index (χ4n) is 2.07. The van der Waals surface area contributed by atoms with Crippen LogP contribution in [0.3, 0.4) is 0 Å². The number of esters is 4. The summed E-state index contributed by atoms with van der Waals surface area (Å²) in [4.78, 5) is 43.3. The Labute approximate surface area is 183 Å². The van der Waals surface area contributed by atoms with Crippen LogP contribution in [0.5, 0.6) is 0 Å². The molecular formula is C20H18O6Y-2. The number of carbonyl (C=O) groups excluding carboxylic acids is 4. The summed E-state index contributed by atoms with van der Waals surface area (Å²) >= 11 is 0. The molecule has 0 aliphatic carbocycles. The van der Waals surface area contributed by atoms with E-state index in [-0.39, 0.29) is 32.7 Å². The fraction of sp³-hybridized carbons (Fsp3) is 0.100. The predicted molar refractivity (Wildman–Crippen MR) is 94.4 cm³/mol. The number of hydrogen-bond donors (Lipinski definition) is 0. The first kappa shape index (κ1) is 24.8. The maximum Gasteiger partial charge on any atom is 0.346 e. The van der Waals surface area contributed by atoms with Gasteiger partial charge in [-0.25, -0.2) is 19.2 Å². The van der Waals surface area contributed by atoms with Crippen molar-refractivity contribution < 1.29 is 61.4 Å². The molecule has 2 heterocycles. The third-order valence-electron chi connectivity index (χ3n) is 3.10. The van der Waals surface area contributed by atoms with Crippen molar-refractivity contribution in [1.82, 2.24) is 0 Å². The van der Waals surface area contributed by atoms with Gasteiger partial charge >= 0.3 is 23.9 Å². The Morgan fingerprint density at radius 3 is 0.889 bits per heavy atom. The second-order valence-electron chi connectivity index (χ2n) is 4.45. The second kappa shape index (κ2) is 12.3. The van der Waals surface area contributed by atoms with Gasteiger partial charge in [0.15, 0.2) is 0 Å². The molecule has 2 aromatic rings. The number of fused-ring (bicyclic) bond motifs is 2. The summed E-state index contributed by atoms with van der Waals surface area (Å²) in [6.45, 7) is 10.0. The quantitative estimate of drug-likeness (QED) is 0.351. The van der Waals surface area contributed by atoms with Crippen LogP contribution in [-0.2, 0) is 42.2 Å². The van der Waals surface area contributed by atoms with E-state index in [2.05, 4.69) is 23.3 Å². The zero-order valence-corrected chi connectivity index (χ0v) is 17.9. The van der Waals surface area contributed by atoms with E-state index in [9.17, 15) is 19.2 Å². The Kier molecular flexibility index (Phi) is 11.3. The summed E-state index contributed by atoms with van der Waals surface area (Å²) in [7, 11) is 0. The van der Waals surface area contributed by atoms with Crippen LogP contribution in [0.25, 0.3) is 0 Å². The SMILES string of the molecule is O=C1OC(=O)c2ccccc21.O=C1OC(=O)c2ccccc21.[CH2-]C.[CH2-]C.[Y]. The molecule has 0 bridgehead atoms. The van der Waals surface area contributed by atoms with Crippen LogP contribution in [0.15, 0.2) is 48.5 Å². The molecule has 2 aliphatic heterocycles. The molecular weight excluding hydrogens is 425 g/mol. The van der Waals surface area contributed by atoms with Crippen molar-refractivity contribution in [1.29, 1.82) is 0 Å². The average molecular weight is 443 g/mol. The Hall–Kier alpha value is -2.18. The first-order chi connectivity index (χ1) is 12.6. The number of ether oxygens (including phenoxy) is 2. The fourth-order valence-corrected chi connectivity index (χ4v) is 2.07. The van der Waals surface area contributed by atoms with Gasteiger partial charge in [0, 0.05) is 32.7 Å². The van der Waals surface area contributed by atoms with Crippen LogP contribution < -0.4 is 0 Å². The summed E-state index contributed by atoms with van der Waals surface area (Å²) in [5, 5.41) is 0. The number of hydrogen-bond acceptors (Lipinski definition) is 6. The van der Waals surface area contributed by atoms with Crippen LogP contribution >= 0.6 is 0 Å². The summed E-state index contributed by atoms with van der Waals surface area (Å²) in [6, 6.07) is 13.1. The monoisotopic (exact) mass is 443 g/mol. The van der Waals surface area contributed by atoms with Gasteiger partial charge in [-0.1, -0.05) is 24.3 Å². The van der Waals surface area contributed by atoms with Crippen molar-refractivity contribution in [3.63, 3.8) is 0 Å². The van der Waals surface area contributed by atoms with Crippen LogP contribution in [0.4, 0.5) is 0 Å². The Balaban J connectivity index is 0.000000411. The molecule has 0 aromatic heterocycles. The largest absolute Gasteiger partial charge is 0.386 e. The zero-order valence-electron chi connectivity index (χ0n) is 15.1. The van der Waals surface area contributed by atoms with E-state index in [1.54, 1.807) is 62.4 Å². The van der Waals surface area contributed by atoms with E-state index >= 15 is 0 Å². The molecule has 2 aliphatic rings. The van der Waals surface area contributed by atoms with Crippen molar-refractivity contribution in [2.75, 3.05) is 0 Å². The van der Waals surface area contributed by atoms with E-state index in [0.29, 0.717) is 22.3 Å². The minimum atomic E-state index is -0.550. The van der Waals surface area contributed by atoms with E-state index < -0.39 is 23.9 Å². The number of benzene rings is 2. The van der Waals surface area contributed by atoms with E-state index in [1.165, 1.54) is 0 Å². The molecule has 139 valence electrons. The maximum absolute atomic E-state index is 10.8. The van der Waals surface area contributed by atoms with Crippen LogP contribution in [0, 0.1) is 13.8 Å². The van der Waals surface area contributed by atoms with Gasteiger partial charge in [0.1, 0.15) is 0 Å². The molecule has 0 amide bonds. The first-order valence-corrected chi connectivity index (χ1v) is 7.70. The maximum atomic E-state index is 10.8. The molecule has 1 radical (unpaired) electrons. The molecule has 7 heteroatoms. The van der Waals surface area contributed by atoms with Crippen LogP contribution in [0.1, 0.15) is 55.3 Å². The molecule has 0 atom stereocenters. The van der Waals surface area contributed by atoms with Crippen molar-refractivity contribution in [2.45, 2.75) is 13.8 Å². The van der Waals surface area contributed by atoms with Crippen molar-refractivity contribution in [3.05, 3.63) is 84.6 Å². The summed E-state index contributed by atoms with van der Waals surface area (Å²) in [6.07, 6.45) is 0. The van der Waals surface area contributed by atoms with Gasteiger partial charge < -0.3 is 23.3 Å².